The first-order chi connectivity index (χ1) is 5.79. The molecule has 0 saturated heterocycles. The molecule has 0 atom stereocenters. The molecule has 0 N–H and O–H groups in total. The Balaban J connectivity index is 2.95. The quantitative estimate of drug-likeness (QED) is 0.609. The zero-order chi connectivity index (χ0) is 8.55. The lowest BCUT2D eigenvalue weighted by atomic mass is 10.2. The maximum Gasteiger partial charge on any atom is 0.149 e. The van der Waals surface area contributed by atoms with Crippen molar-refractivity contribution in [3.05, 3.63) is 41.3 Å². The zero-order valence-electron chi connectivity index (χ0n) is 6.09. The molecular weight excluding hydrogens is 177 g/mol. The number of nitrogens with zero attached hydrogens (tertiary/aromatic N) is 1. The highest BCUT2D eigenvalue weighted by molar-refractivity contribution is 6.35. The SMILES string of the molecule is Fc1ccc(Cl)c2cccnc12. The van der Waals surface area contributed by atoms with Crippen LogP contribution in [0.3, 0.4) is 0 Å². The van der Waals surface area contributed by atoms with Crippen LogP contribution in [0.25, 0.3) is 10.9 Å². The molecule has 0 fully saturated rings. The lowest BCUT2D eigenvalue weighted by molar-refractivity contribution is 0.637. The first kappa shape index (κ1) is 7.50. The van der Waals surface area contributed by atoms with Crippen molar-refractivity contribution in [3.63, 3.8) is 0 Å². The van der Waals surface area contributed by atoms with Gasteiger partial charge in [0.1, 0.15) is 11.3 Å². The van der Waals surface area contributed by atoms with E-state index in [4.69, 9.17) is 11.6 Å². The van der Waals surface area contributed by atoms with E-state index in [0.29, 0.717) is 15.9 Å². The smallest absolute Gasteiger partial charge is 0.149 e. The molecule has 0 aliphatic rings. The summed E-state index contributed by atoms with van der Waals surface area (Å²) in [6.07, 6.45) is 1.54. The Kier molecular flexibility index (Phi) is 1.70. The number of aromatic nitrogens is 1. The zero-order valence-corrected chi connectivity index (χ0v) is 6.85. The largest absolute Gasteiger partial charge is 0.253 e. The van der Waals surface area contributed by atoms with Crippen LogP contribution in [0.15, 0.2) is 30.5 Å². The summed E-state index contributed by atoms with van der Waals surface area (Å²) in [7, 11) is 0. The molecule has 0 aliphatic carbocycles. The molecule has 3 heteroatoms. The minimum atomic E-state index is -0.338. The second-order valence-electron chi connectivity index (χ2n) is 2.43. The van der Waals surface area contributed by atoms with E-state index < -0.39 is 0 Å². The van der Waals surface area contributed by atoms with Crippen LogP contribution in [-0.2, 0) is 0 Å². The second kappa shape index (κ2) is 2.72. The van der Waals surface area contributed by atoms with Crippen LogP contribution in [0.5, 0.6) is 0 Å². The highest BCUT2D eigenvalue weighted by atomic mass is 35.5. The van der Waals surface area contributed by atoms with Gasteiger partial charge in [-0.1, -0.05) is 11.6 Å². The van der Waals surface area contributed by atoms with E-state index in [1.807, 2.05) is 0 Å². The van der Waals surface area contributed by atoms with Gasteiger partial charge in [-0.05, 0) is 24.3 Å². The molecule has 0 bridgehead atoms. The molecule has 60 valence electrons. The molecule has 1 nitrogen and oxygen atoms in total. The van der Waals surface area contributed by atoms with Crippen LogP contribution in [0.1, 0.15) is 0 Å². The highest BCUT2D eigenvalue weighted by Gasteiger charge is 2.03. The average molecular weight is 182 g/mol. The normalized spacial score (nSPS) is 10.5. The van der Waals surface area contributed by atoms with Crippen LogP contribution in [0.2, 0.25) is 5.02 Å². The summed E-state index contributed by atoms with van der Waals surface area (Å²) in [4.78, 5) is 3.88. The molecule has 1 heterocycles. The molecule has 2 aromatic rings. The van der Waals surface area contributed by atoms with Crippen molar-refractivity contribution in [2.24, 2.45) is 0 Å². The van der Waals surface area contributed by atoms with E-state index in [2.05, 4.69) is 4.98 Å². The Labute approximate surface area is 73.8 Å². The Morgan fingerprint density at radius 1 is 1.25 bits per heavy atom. The molecule has 0 spiro atoms. The van der Waals surface area contributed by atoms with Crippen molar-refractivity contribution in [3.8, 4) is 0 Å². The van der Waals surface area contributed by atoms with Gasteiger partial charge < -0.3 is 0 Å². The monoisotopic (exact) mass is 181 g/mol. The van der Waals surface area contributed by atoms with Crippen molar-refractivity contribution in [2.75, 3.05) is 0 Å². The number of benzene rings is 1. The van der Waals surface area contributed by atoms with E-state index in [0.717, 1.165) is 0 Å². The number of hydrogen-bond donors (Lipinski definition) is 0. The van der Waals surface area contributed by atoms with Gasteiger partial charge in [0.15, 0.2) is 0 Å². The fourth-order valence-corrected chi connectivity index (χ4v) is 1.32. The molecule has 2 rings (SSSR count). The van der Waals surface area contributed by atoms with Crippen LogP contribution >= 0.6 is 11.6 Å². The van der Waals surface area contributed by atoms with Gasteiger partial charge in [0.2, 0.25) is 0 Å². The fourth-order valence-electron chi connectivity index (χ4n) is 1.10. The van der Waals surface area contributed by atoms with Gasteiger partial charge in [-0.25, -0.2) is 4.39 Å². The lowest BCUT2D eigenvalue weighted by Gasteiger charge is -1.98. The minimum absolute atomic E-state index is 0.324. The molecule has 12 heavy (non-hydrogen) atoms. The lowest BCUT2D eigenvalue weighted by Crippen LogP contribution is -1.83. The molecule has 0 saturated carbocycles. The fraction of sp³-hybridized carbons (Fsp3) is 0. The van der Waals surface area contributed by atoms with E-state index in [-0.39, 0.29) is 5.82 Å². The van der Waals surface area contributed by atoms with Crippen molar-refractivity contribution in [2.45, 2.75) is 0 Å². The summed E-state index contributed by atoms with van der Waals surface area (Å²) in [5.74, 6) is -0.338. The maximum atomic E-state index is 13.0. The van der Waals surface area contributed by atoms with Crippen LogP contribution < -0.4 is 0 Å². The Morgan fingerprint density at radius 2 is 2.08 bits per heavy atom. The molecular formula is C9H5ClFN. The topological polar surface area (TPSA) is 12.9 Å². The summed E-state index contributed by atoms with van der Waals surface area (Å²) >= 11 is 5.82. The predicted octanol–water partition coefficient (Wildman–Crippen LogP) is 3.03. The number of fused-ring (bicyclic) bond motifs is 1. The van der Waals surface area contributed by atoms with E-state index in [9.17, 15) is 4.39 Å². The molecule has 0 unspecified atom stereocenters. The first-order valence-electron chi connectivity index (χ1n) is 3.48. The van der Waals surface area contributed by atoms with Crippen molar-refractivity contribution in [1.82, 2.24) is 4.98 Å². The van der Waals surface area contributed by atoms with Gasteiger partial charge in [0.05, 0.1) is 5.02 Å². The number of halogens is 2. The number of hydrogen-bond acceptors (Lipinski definition) is 1. The second-order valence-corrected chi connectivity index (χ2v) is 2.84. The average Bonchev–Trinajstić information content (AvgIpc) is 2.12. The van der Waals surface area contributed by atoms with Crippen LogP contribution in [0.4, 0.5) is 4.39 Å². The molecule has 0 radical (unpaired) electrons. The summed E-state index contributed by atoms with van der Waals surface area (Å²) < 4.78 is 13.0. The van der Waals surface area contributed by atoms with Gasteiger partial charge in [-0.15, -0.1) is 0 Å². The Hall–Kier alpha value is -1.15. The van der Waals surface area contributed by atoms with Crippen molar-refractivity contribution < 1.29 is 4.39 Å². The summed E-state index contributed by atoms with van der Waals surface area (Å²) in [5.41, 5.74) is 0.324. The van der Waals surface area contributed by atoms with Crippen molar-refractivity contribution in [1.29, 1.82) is 0 Å². The molecule has 1 aromatic heterocycles. The molecule has 1 aromatic carbocycles. The van der Waals surface area contributed by atoms with Gasteiger partial charge in [0.25, 0.3) is 0 Å². The van der Waals surface area contributed by atoms with Gasteiger partial charge in [-0.3, -0.25) is 4.98 Å². The van der Waals surface area contributed by atoms with E-state index >= 15 is 0 Å². The molecule has 0 aliphatic heterocycles. The van der Waals surface area contributed by atoms with E-state index in [1.54, 1.807) is 18.3 Å². The van der Waals surface area contributed by atoms with Crippen molar-refractivity contribution >= 4 is 22.5 Å². The maximum absolute atomic E-state index is 13.0. The predicted molar refractivity (Wildman–Crippen MR) is 46.7 cm³/mol. The summed E-state index contributed by atoms with van der Waals surface area (Å²) in [6.45, 7) is 0. The third-order valence-electron chi connectivity index (χ3n) is 1.67. The van der Waals surface area contributed by atoms with E-state index in [1.165, 1.54) is 12.1 Å². The first-order valence-corrected chi connectivity index (χ1v) is 3.85. The summed E-state index contributed by atoms with van der Waals surface area (Å²) in [5, 5.41) is 1.18. The summed E-state index contributed by atoms with van der Waals surface area (Å²) in [6, 6.07) is 6.32. The highest BCUT2D eigenvalue weighted by Crippen LogP contribution is 2.23. The van der Waals surface area contributed by atoms with Crippen LogP contribution in [-0.4, -0.2) is 4.98 Å². The third-order valence-corrected chi connectivity index (χ3v) is 2.00. The minimum Gasteiger partial charge on any atom is -0.253 e. The van der Waals surface area contributed by atoms with Gasteiger partial charge >= 0.3 is 0 Å². The van der Waals surface area contributed by atoms with Gasteiger partial charge in [0, 0.05) is 11.6 Å². The third kappa shape index (κ3) is 1.04. The Bertz CT molecular complexity index is 387. The van der Waals surface area contributed by atoms with Crippen LogP contribution in [0, 0.1) is 5.82 Å². The molecule has 0 amide bonds. The Morgan fingerprint density at radius 3 is 2.83 bits per heavy atom. The number of pyridine rings is 1. The van der Waals surface area contributed by atoms with Gasteiger partial charge in [-0.2, -0.15) is 0 Å². The number of rotatable bonds is 0. The standard InChI is InChI=1S/C9H5ClFN/c10-7-3-4-8(11)9-6(7)2-1-5-12-9/h1-5H.